The van der Waals surface area contributed by atoms with Crippen molar-refractivity contribution < 1.29 is 0 Å². The molecule has 2 atom stereocenters. The van der Waals surface area contributed by atoms with Gasteiger partial charge < -0.3 is 0 Å². The van der Waals surface area contributed by atoms with Gasteiger partial charge in [-0.3, -0.25) is 4.90 Å². The van der Waals surface area contributed by atoms with E-state index in [4.69, 9.17) is 11.6 Å². The van der Waals surface area contributed by atoms with Crippen LogP contribution in [0.25, 0.3) is 0 Å². The van der Waals surface area contributed by atoms with Gasteiger partial charge in [-0.25, -0.2) is 4.98 Å². The van der Waals surface area contributed by atoms with Crippen LogP contribution in [-0.2, 0) is 5.88 Å². The first-order valence-electron chi connectivity index (χ1n) is 5.86. The lowest BCUT2D eigenvalue weighted by Gasteiger charge is -2.30. The molecule has 0 aliphatic heterocycles. The van der Waals surface area contributed by atoms with Gasteiger partial charge in [0.1, 0.15) is 5.01 Å². The molecule has 0 bridgehead atoms. The van der Waals surface area contributed by atoms with Crippen molar-refractivity contribution in [3.05, 3.63) is 16.1 Å². The maximum absolute atomic E-state index is 5.79. The summed E-state index contributed by atoms with van der Waals surface area (Å²) in [5, 5.41) is 3.26. The van der Waals surface area contributed by atoms with Gasteiger partial charge in [-0.1, -0.05) is 13.8 Å². The number of aromatic nitrogens is 1. The summed E-state index contributed by atoms with van der Waals surface area (Å²) in [4.78, 5) is 7.00. The van der Waals surface area contributed by atoms with Crippen LogP contribution in [0.15, 0.2) is 5.38 Å². The van der Waals surface area contributed by atoms with E-state index in [9.17, 15) is 0 Å². The van der Waals surface area contributed by atoms with Crippen LogP contribution in [0.5, 0.6) is 0 Å². The first-order chi connectivity index (χ1) is 7.63. The largest absolute Gasteiger partial charge is 0.294 e. The monoisotopic (exact) mass is 260 g/mol. The quantitative estimate of drug-likeness (QED) is 0.717. The van der Waals surface area contributed by atoms with E-state index in [1.165, 1.54) is 11.4 Å². The smallest absolute Gasteiger partial charge is 0.110 e. The molecule has 1 aromatic rings. The Balaban J connectivity index is 2.80. The average Bonchev–Trinajstić information content (AvgIpc) is 2.77. The predicted molar refractivity (Wildman–Crippen MR) is 72.2 cm³/mol. The molecule has 92 valence electrons. The van der Waals surface area contributed by atoms with Crippen molar-refractivity contribution in [3.8, 4) is 0 Å². The van der Waals surface area contributed by atoms with E-state index in [0.717, 1.165) is 12.1 Å². The molecule has 16 heavy (non-hydrogen) atoms. The fraction of sp³-hybridized carbons (Fsp3) is 0.750. The number of hydrogen-bond acceptors (Lipinski definition) is 3. The minimum atomic E-state index is 0.428. The van der Waals surface area contributed by atoms with Crippen molar-refractivity contribution in [1.82, 2.24) is 9.88 Å². The summed E-state index contributed by atoms with van der Waals surface area (Å²) in [5.41, 5.74) is 0.998. The van der Waals surface area contributed by atoms with Gasteiger partial charge in [0.05, 0.1) is 17.6 Å². The van der Waals surface area contributed by atoms with Crippen molar-refractivity contribution in [1.29, 1.82) is 0 Å². The first kappa shape index (κ1) is 13.9. The number of hydrogen-bond donors (Lipinski definition) is 0. The minimum absolute atomic E-state index is 0.428. The summed E-state index contributed by atoms with van der Waals surface area (Å²) in [6.07, 6.45) is 2.26. The lowest BCUT2D eigenvalue weighted by molar-refractivity contribution is 0.175. The number of halogens is 1. The molecule has 1 heterocycles. The van der Waals surface area contributed by atoms with Gasteiger partial charge in [0.25, 0.3) is 0 Å². The zero-order valence-electron chi connectivity index (χ0n) is 10.5. The average molecular weight is 261 g/mol. The molecule has 0 saturated heterocycles. The summed E-state index contributed by atoms with van der Waals surface area (Å²) in [6, 6.07) is 1.02. The topological polar surface area (TPSA) is 16.1 Å². The highest BCUT2D eigenvalue weighted by molar-refractivity contribution is 7.09. The molecular weight excluding hydrogens is 240 g/mol. The van der Waals surface area contributed by atoms with E-state index in [1.807, 2.05) is 0 Å². The van der Waals surface area contributed by atoms with E-state index in [0.29, 0.717) is 18.0 Å². The molecule has 0 aliphatic rings. The van der Waals surface area contributed by atoms with Crippen molar-refractivity contribution in [2.45, 2.75) is 51.6 Å². The Morgan fingerprint density at radius 3 is 2.56 bits per heavy atom. The Kier molecular flexibility index (Phi) is 5.73. The van der Waals surface area contributed by atoms with Crippen LogP contribution in [0.3, 0.4) is 0 Å². The Labute approximate surface area is 108 Å². The third-order valence-electron chi connectivity index (χ3n) is 3.16. The molecule has 4 heteroatoms. The van der Waals surface area contributed by atoms with E-state index in [2.05, 4.69) is 43.1 Å². The van der Waals surface area contributed by atoms with Crippen LogP contribution >= 0.6 is 22.9 Å². The molecule has 0 amide bonds. The second kappa shape index (κ2) is 6.58. The molecule has 1 rings (SSSR count). The Bertz CT molecular complexity index is 314. The molecule has 0 saturated carbocycles. The van der Waals surface area contributed by atoms with Gasteiger partial charge in [-0.15, -0.1) is 22.9 Å². The molecule has 0 fully saturated rings. The van der Waals surface area contributed by atoms with Crippen LogP contribution in [0.4, 0.5) is 0 Å². The van der Waals surface area contributed by atoms with Gasteiger partial charge in [-0.05, 0) is 26.8 Å². The maximum Gasteiger partial charge on any atom is 0.110 e. The SMILES string of the molecule is CCC(C)N(C)C(CC)c1nc(CCl)cs1. The van der Waals surface area contributed by atoms with E-state index < -0.39 is 0 Å². The Morgan fingerprint density at radius 2 is 2.12 bits per heavy atom. The number of rotatable bonds is 6. The molecule has 0 N–H and O–H groups in total. The van der Waals surface area contributed by atoms with Crippen molar-refractivity contribution in [2.24, 2.45) is 0 Å². The highest BCUT2D eigenvalue weighted by Crippen LogP contribution is 2.28. The second-order valence-corrected chi connectivity index (χ2v) is 5.31. The van der Waals surface area contributed by atoms with Gasteiger partial charge in [-0.2, -0.15) is 0 Å². The Morgan fingerprint density at radius 1 is 1.44 bits per heavy atom. The lowest BCUT2D eigenvalue weighted by Crippen LogP contribution is -2.32. The molecule has 2 unspecified atom stereocenters. The maximum atomic E-state index is 5.79. The van der Waals surface area contributed by atoms with Crippen LogP contribution < -0.4 is 0 Å². The van der Waals surface area contributed by atoms with Gasteiger partial charge in [0.15, 0.2) is 0 Å². The zero-order valence-corrected chi connectivity index (χ0v) is 12.1. The van der Waals surface area contributed by atoms with E-state index >= 15 is 0 Å². The zero-order chi connectivity index (χ0) is 12.1. The van der Waals surface area contributed by atoms with Crippen LogP contribution in [0.1, 0.15) is 50.4 Å². The summed E-state index contributed by atoms with van der Waals surface area (Å²) in [5.74, 6) is 0.514. The summed E-state index contributed by atoms with van der Waals surface area (Å²) in [7, 11) is 2.18. The second-order valence-electron chi connectivity index (χ2n) is 4.16. The fourth-order valence-corrected chi connectivity index (χ4v) is 3.05. The first-order valence-corrected chi connectivity index (χ1v) is 7.27. The molecule has 0 spiro atoms. The van der Waals surface area contributed by atoms with Crippen molar-refractivity contribution in [2.75, 3.05) is 7.05 Å². The van der Waals surface area contributed by atoms with E-state index in [1.54, 1.807) is 11.3 Å². The van der Waals surface area contributed by atoms with Gasteiger partial charge in [0.2, 0.25) is 0 Å². The van der Waals surface area contributed by atoms with Gasteiger partial charge >= 0.3 is 0 Å². The summed E-state index contributed by atoms with van der Waals surface area (Å²) >= 11 is 7.51. The number of thiazole rings is 1. The number of nitrogens with zero attached hydrogens (tertiary/aromatic N) is 2. The highest BCUT2D eigenvalue weighted by Gasteiger charge is 2.21. The molecule has 2 nitrogen and oxygen atoms in total. The molecular formula is C12H21ClN2S. The van der Waals surface area contributed by atoms with Crippen LogP contribution in [0.2, 0.25) is 0 Å². The molecule has 0 aliphatic carbocycles. The summed E-state index contributed by atoms with van der Waals surface area (Å²) < 4.78 is 0. The summed E-state index contributed by atoms with van der Waals surface area (Å²) in [6.45, 7) is 6.70. The standard InChI is InChI=1S/C12H21ClN2S/c1-5-9(3)15(4)11(6-2)12-14-10(7-13)8-16-12/h8-9,11H,5-7H2,1-4H3. The van der Waals surface area contributed by atoms with Crippen LogP contribution in [0, 0.1) is 0 Å². The Hall–Kier alpha value is -0.120. The van der Waals surface area contributed by atoms with Gasteiger partial charge in [0, 0.05) is 11.4 Å². The fourth-order valence-electron chi connectivity index (χ4n) is 1.77. The van der Waals surface area contributed by atoms with E-state index in [-0.39, 0.29) is 0 Å². The predicted octanol–water partition coefficient (Wildman–Crippen LogP) is 4.06. The normalized spacial score (nSPS) is 15.4. The minimum Gasteiger partial charge on any atom is -0.294 e. The molecule has 0 aromatic carbocycles. The van der Waals surface area contributed by atoms with Crippen molar-refractivity contribution in [3.63, 3.8) is 0 Å². The third kappa shape index (κ3) is 3.19. The number of alkyl halides is 1. The molecule has 1 aromatic heterocycles. The van der Waals surface area contributed by atoms with Crippen molar-refractivity contribution >= 4 is 22.9 Å². The highest BCUT2D eigenvalue weighted by atomic mass is 35.5. The van der Waals surface area contributed by atoms with Crippen LogP contribution in [-0.4, -0.2) is 23.0 Å². The lowest BCUT2D eigenvalue weighted by atomic mass is 10.1. The third-order valence-corrected chi connectivity index (χ3v) is 4.42. The molecule has 0 radical (unpaired) electrons.